The maximum Gasteiger partial charge on any atom is 0.470 e. The number of nitrogens with two attached hydrogens (primary N) is 1. The van der Waals surface area contributed by atoms with Crippen molar-refractivity contribution in [2.24, 2.45) is 0 Å². The van der Waals surface area contributed by atoms with Gasteiger partial charge in [0.25, 0.3) is 0 Å². The number of rotatable bonds is 6. The van der Waals surface area contributed by atoms with E-state index in [1.54, 1.807) is 0 Å². The van der Waals surface area contributed by atoms with Gasteiger partial charge in [0.2, 0.25) is 11.5 Å². The Labute approximate surface area is 148 Å². The van der Waals surface area contributed by atoms with E-state index in [1.807, 2.05) is 0 Å². The number of hydrogen-bond acceptors (Lipinski definition) is 9. The number of ether oxygens (including phenoxy) is 2. The van der Waals surface area contributed by atoms with Crippen LogP contribution in [0.2, 0.25) is 0 Å². The largest absolute Gasteiger partial charge is 0.470 e. The van der Waals surface area contributed by atoms with Crippen molar-refractivity contribution in [3.63, 3.8) is 0 Å². The predicted molar refractivity (Wildman–Crippen MR) is 86.6 cm³/mol. The number of aliphatic hydroxyl groups is 2. The first-order chi connectivity index (χ1) is 11.9. The highest BCUT2D eigenvalue weighted by Gasteiger charge is 2.75. The number of methoxy groups -OCH3 is 1. The van der Waals surface area contributed by atoms with Gasteiger partial charge in [-0.1, -0.05) is 6.92 Å². The maximum absolute atomic E-state index is 12.3. The molecule has 12 nitrogen and oxygen atoms in total. The predicted octanol–water partition coefficient (Wildman–Crippen LogP) is -1.52. The zero-order chi connectivity index (χ0) is 20.0. The highest BCUT2D eigenvalue weighted by Crippen LogP contribution is 2.58. The monoisotopic (exact) mass is 395 g/mol. The molecule has 0 unspecified atom stereocenters. The van der Waals surface area contributed by atoms with Gasteiger partial charge in [0.05, 0.1) is 6.61 Å². The molecule has 6 N–H and O–H groups in total. The zero-order valence-corrected chi connectivity index (χ0v) is 15.3. The van der Waals surface area contributed by atoms with Gasteiger partial charge in [0.1, 0.15) is 11.9 Å². The molecule has 0 saturated carbocycles. The van der Waals surface area contributed by atoms with Crippen LogP contribution in [0.5, 0.6) is 0 Å². The fourth-order valence-corrected chi connectivity index (χ4v) is 4.23. The van der Waals surface area contributed by atoms with Gasteiger partial charge in [-0.3, -0.25) is 9.09 Å². The van der Waals surface area contributed by atoms with Crippen molar-refractivity contribution in [1.82, 2.24) is 9.55 Å². The second-order valence-electron chi connectivity index (χ2n) is 5.95. The Balaban J connectivity index is 2.77. The van der Waals surface area contributed by atoms with Crippen molar-refractivity contribution in [3.8, 4) is 0 Å². The molecule has 0 spiro atoms. The summed E-state index contributed by atoms with van der Waals surface area (Å²) in [7, 11) is -4.12. The third-order valence-electron chi connectivity index (χ3n) is 4.65. The van der Waals surface area contributed by atoms with Crippen molar-refractivity contribution >= 4 is 13.6 Å². The quantitative estimate of drug-likeness (QED) is 0.278. The Morgan fingerprint density at radius 3 is 2.54 bits per heavy atom. The van der Waals surface area contributed by atoms with Crippen LogP contribution in [-0.4, -0.2) is 60.8 Å². The molecule has 2 heterocycles. The van der Waals surface area contributed by atoms with Crippen molar-refractivity contribution in [2.75, 3.05) is 19.5 Å². The van der Waals surface area contributed by atoms with Gasteiger partial charge in [-0.25, -0.2) is 9.36 Å². The Morgan fingerprint density at radius 2 is 2.12 bits per heavy atom. The van der Waals surface area contributed by atoms with Crippen LogP contribution in [-0.2, 0) is 24.3 Å². The first-order valence-corrected chi connectivity index (χ1v) is 9.12. The van der Waals surface area contributed by atoms with Crippen molar-refractivity contribution < 1.29 is 38.6 Å². The summed E-state index contributed by atoms with van der Waals surface area (Å²) in [6.07, 6.45) is -0.508. The van der Waals surface area contributed by atoms with Gasteiger partial charge in [-0.2, -0.15) is 4.98 Å². The van der Waals surface area contributed by atoms with Crippen LogP contribution in [0, 0.1) is 0 Å². The van der Waals surface area contributed by atoms with Crippen molar-refractivity contribution in [2.45, 2.75) is 43.5 Å². The molecule has 13 heteroatoms. The summed E-state index contributed by atoms with van der Waals surface area (Å²) >= 11 is 0. The Morgan fingerprint density at radius 1 is 1.50 bits per heavy atom. The van der Waals surface area contributed by atoms with Crippen LogP contribution in [0.1, 0.15) is 20.3 Å². The van der Waals surface area contributed by atoms with E-state index in [1.165, 1.54) is 26.1 Å². The molecule has 0 aliphatic carbocycles. The molecule has 2 rings (SSSR count). The smallest absolute Gasteiger partial charge is 0.394 e. The lowest BCUT2D eigenvalue weighted by molar-refractivity contribution is -0.328. The lowest BCUT2D eigenvalue weighted by atomic mass is 9.82. The minimum atomic E-state index is -5.16. The Kier molecular flexibility index (Phi) is 5.36. The van der Waals surface area contributed by atoms with E-state index in [-0.39, 0.29) is 12.2 Å². The SMILES string of the molecule is CC[C@@]1(OP(=O)(O)O)[C@@H](CO)O[C@@](C)(n2ccc(N)nc2=O)[C@@]1(O)OC. The molecule has 148 valence electrons. The van der Waals surface area contributed by atoms with E-state index >= 15 is 0 Å². The number of aromatic nitrogens is 2. The maximum atomic E-state index is 12.3. The lowest BCUT2D eigenvalue weighted by Gasteiger charge is -2.45. The molecule has 1 aromatic heterocycles. The van der Waals surface area contributed by atoms with Gasteiger partial charge in [-0.05, 0) is 19.4 Å². The highest BCUT2D eigenvalue weighted by atomic mass is 31.2. The van der Waals surface area contributed by atoms with Gasteiger partial charge >= 0.3 is 13.5 Å². The molecule has 1 fully saturated rings. The number of nitrogen functional groups attached to an aromatic ring is 1. The summed E-state index contributed by atoms with van der Waals surface area (Å²) in [5, 5.41) is 21.0. The van der Waals surface area contributed by atoms with E-state index in [9.17, 15) is 29.4 Å². The average Bonchev–Trinajstić information content (AvgIpc) is 2.73. The van der Waals surface area contributed by atoms with Gasteiger partial charge < -0.3 is 35.2 Å². The summed E-state index contributed by atoms with van der Waals surface area (Å²) in [6.45, 7) is 1.90. The number of phosphoric ester groups is 1. The molecule has 1 aliphatic heterocycles. The second kappa shape index (κ2) is 6.66. The van der Waals surface area contributed by atoms with E-state index in [0.717, 1.165) is 11.7 Å². The molecule has 0 bridgehead atoms. The first kappa shape index (κ1) is 20.9. The van der Waals surface area contributed by atoms with Crippen molar-refractivity contribution in [3.05, 3.63) is 22.7 Å². The standard InChI is InChI=1S/C13H22N3O9P/c1-4-12(25-26(20,21)22)8(7-17)24-11(2,13(12,19)23-3)16-6-5-9(14)15-10(16)18/h5-6,8,17,19H,4,7H2,1-3H3,(H2,14,15,18)(H2,20,21,22)/t8-,11-,12-,13-/m1/s1. The average molecular weight is 395 g/mol. The Bertz CT molecular complexity index is 782. The number of nitrogens with zero attached hydrogens (tertiary/aromatic N) is 2. The van der Waals surface area contributed by atoms with E-state index in [0.29, 0.717) is 0 Å². The van der Waals surface area contributed by atoms with Crippen LogP contribution < -0.4 is 11.4 Å². The van der Waals surface area contributed by atoms with Crippen LogP contribution in [0.3, 0.4) is 0 Å². The third kappa shape index (κ3) is 2.88. The molecule has 1 aromatic rings. The van der Waals surface area contributed by atoms with Crippen molar-refractivity contribution in [1.29, 1.82) is 0 Å². The fraction of sp³-hybridized carbons (Fsp3) is 0.692. The normalized spacial score (nSPS) is 35.0. The number of phosphoric acid groups is 1. The zero-order valence-electron chi connectivity index (χ0n) is 14.4. The van der Waals surface area contributed by atoms with E-state index < -0.39 is 43.3 Å². The lowest BCUT2D eigenvalue weighted by Crippen LogP contribution is -2.66. The molecule has 0 amide bonds. The number of aliphatic hydroxyl groups excluding tert-OH is 1. The fourth-order valence-electron chi connectivity index (χ4n) is 3.44. The molecular formula is C13H22N3O9P. The molecule has 4 atom stereocenters. The highest BCUT2D eigenvalue weighted by molar-refractivity contribution is 7.46. The molecule has 0 aromatic carbocycles. The van der Waals surface area contributed by atoms with Crippen LogP contribution >= 0.6 is 7.82 Å². The number of anilines is 1. The molecule has 26 heavy (non-hydrogen) atoms. The first-order valence-electron chi connectivity index (χ1n) is 7.59. The summed E-state index contributed by atoms with van der Waals surface area (Å²) in [4.78, 5) is 34.5. The van der Waals surface area contributed by atoms with Gasteiger partial charge in [-0.15, -0.1) is 0 Å². The summed E-state index contributed by atoms with van der Waals surface area (Å²) < 4.78 is 28.1. The van der Waals surface area contributed by atoms with E-state index in [4.69, 9.17) is 19.7 Å². The topological polar surface area (TPSA) is 187 Å². The van der Waals surface area contributed by atoms with Crippen LogP contribution in [0.25, 0.3) is 0 Å². The minimum absolute atomic E-state index is 0.0827. The summed E-state index contributed by atoms with van der Waals surface area (Å²) in [5.74, 6) is -2.68. The molecular weight excluding hydrogens is 373 g/mol. The molecule has 1 saturated heterocycles. The Hall–Kier alpha value is -1.37. The van der Waals surface area contributed by atoms with Gasteiger partial charge in [0, 0.05) is 13.3 Å². The molecule has 0 radical (unpaired) electrons. The second-order valence-corrected chi connectivity index (χ2v) is 7.11. The van der Waals surface area contributed by atoms with Gasteiger partial charge in [0.15, 0.2) is 5.60 Å². The third-order valence-corrected chi connectivity index (χ3v) is 5.21. The van der Waals surface area contributed by atoms with Crippen LogP contribution in [0.15, 0.2) is 17.1 Å². The minimum Gasteiger partial charge on any atom is -0.394 e. The summed E-state index contributed by atoms with van der Waals surface area (Å²) in [5.41, 5.74) is 0.284. The van der Waals surface area contributed by atoms with Crippen LogP contribution in [0.4, 0.5) is 5.82 Å². The molecule has 1 aliphatic rings. The van der Waals surface area contributed by atoms with E-state index in [2.05, 4.69) is 4.98 Å². The summed E-state index contributed by atoms with van der Waals surface area (Å²) in [6, 6.07) is 1.26. The number of hydrogen-bond donors (Lipinski definition) is 5.